The van der Waals surface area contributed by atoms with Crippen molar-refractivity contribution in [1.82, 2.24) is 9.97 Å². The molecule has 5 nitrogen and oxygen atoms in total. The molecule has 0 aliphatic heterocycles. The molecular formula is C7H6N2O3. The van der Waals surface area contributed by atoms with E-state index in [-0.39, 0.29) is 5.69 Å². The second-order valence-electron chi connectivity index (χ2n) is 2.09. The Hall–Kier alpha value is -1.78. The Morgan fingerprint density at radius 1 is 1.50 bits per heavy atom. The summed E-state index contributed by atoms with van der Waals surface area (Å²) in [5, 5.41) is 8.28. The van der Waals surface area contributed by atoms with Crippen molar-refractivity contribution in [1.29, 1.82) is 0 Å². The Bertz CT molecular complexity index is 297. The molecule has 0 aliphatic carbocycles. The molecule has 0 radical (unpaired) electrons. The average Bonchev–Trinajstić information content (AvgIpc) is 2.05. The van der Waals surface area contributed by atoms with Crippen LogP contribution >= 0.6 is 0 Å². The molecule has 0 aromatic carbocycles. The average molecular weight is 166 g/mol. The van der Waals surface area contributed by atoms with Gasteiger partial charge in [-0.25, -0.2) is 9.97 Å². The van der Waals surface area contributed by atoms with Crippen LogP contribution in [0.15, 0.2) is 18.6 Å². The topological polar surface area (TPSA) is 80.1 Å². The van der Waals surface area contributed by atoms with E-state index in [2.05, 4.69) is 9.97 Å². The Morgan fingerprint density at radius 3 is 2.75 bits per heavy atom. The summed E-state index contributed by atoms with van der Waals surface area (Å²) in [7, 11) is 0. The van der Waals surface area contributed by atoms with E-state index in [1.807, 2.05) is 0 Å². The maximum Gasteiger partial charge on any atom is 0.311 e. The van der Waals surface area contributed by atoms with Crippen LogP contribution in [0, 0.1) is 0 Å². The highest BCUT2D eigenvalue weighted by molar-refractivity contribution is 6.04. The Morgan fingerprint density at radius 2 is 2.25 bits per heavy atom. The molecule has 0 aliphatic rings. The van der Waals surface area contributed by atoms with Gasteiger partial charge in [-0.1, -0.05) is 0 Å². The lowest BCUT2D eigenvalue weighted by Gasteiger charge is -1.93. The van der Waals surface area contributed by atoms with Crippen molar-refractivity contribution in [3.63, 3.8) is 0 Å². The van der Waals surface area contributed by atoms with Crippen LogP contribution in [-0.4, -0.2) is 26.8 Å². The van der Waals surface area contributed by atoms with Gasteiger partial charge in [0.2, 0.25) is 0 Å². The van der Waals surface area contributed by atoms with Gasteiger partial charge in [-0.05, 0) is 6.07 Å². The molecule has 62 valence electrons. The summed E-state index contributed by atoms with van der Waals surface area (Å²) >= 11 is 0. The molecular weight excluding hydrogens is 160 g/mol. The highest BCUT2D eigenvalue weighted by Gasteiger charge is 2.10. The van der Waals surface area contributed by atoms with Gasteiger partial charge in [0.1, 0.15) is 18.4 Å². The molecule has 1 rings (SSSR count). The van der Waals surface area contributed by atoms with Gasteiger partial charge in [-0.3, -0.25) is 9.59 Å². The highest BCUT2D eigenvalue weighted by atomic mass is 16.4. The van der Waals surface area contributed by atoms with E-state index in [9.17, 15) is 9.59 Å². The Labute approximate surface area is 68.1 Å². The van der Waals surface area contributed by atoms with Gasteiger partial charge in [0, 0.05) is 6.20 Å². The number of carbonyl (C=O) groups is 2. The number of aromatic nitrogens is 2. The quantitative estimate of drug-likeness (QED) is 0.510. The summed E-state index contributed by atoms with van der Waals surface area (Å²) in [6, 6.07) is 1.38. The third-order valence-corrected chi connectivity index (χ3v) is 1.18. The zero-order chi connectivity index (χ0) is 8.97. The van der Waals surface area contributed by atoms with Crippen molar-refractivity contribution in [3.05, 3.63) is 24.3 Å². The minimum atomic E-state index is -1.15. The van der Waals surface area contributed by atoms with Gasteiger partial charge in [-0.15, -0.1) is 0 Å². The van der Waals surface area contributed by atoms with Crippen molar-refractivity contribution in [2.24, 2.45) is 0 Å². The van der Waals surface area contributed by atoms with Gasteiger partial charge in [0.05, 0.1) is 0 Å². The SMILES string of the molecule is O=C(O)CC(=O)c1ccncn1. The predicted octanol–water partition coefficient (Wildman–Crippen LogP) is 0.134. The first-order valence-corrected chi connectivity index (χ1v) is 3.21. The van der Waals surface area contributed by atoms with Crippen molar-refractivity contribution in [2.45, 2.75) is 6.42 Å². The van der Waals surface area contributed by atoms with Crippen molar-refractivity contribution in [2.75, 3.05) is 0 Å². The van der Waals surface area contributed by atoms with Crippen LogP contribution in [0.2, 0.25) is 0 Å². The first-order chi connectivity index (χ1) is 5.70. The largest absolute Gasteiger partial charge is 0.481 e. The monoisotopic (exact) mass is 166 g/mol. The lowest BCUT2D eigenvalue weighted by Crippen LogP contribution is -2.08. The number of aliphatic carboxylic acids is 1. The molecule has 0 amide bonds. The zero-order valence-electron chi connectivity index (χ0n) is 6.10. The Balaban J connectivity index is 2.73. The maximum absolute atomic E-state index is 11.0. The number of Topliss-reactive ketones (excluding diaryl/α,β-unsaturated/α-hetero) is 1. The molecule has 1 aromatic rings. The van der Waals surface area contributed by atoms with E-state index in [4.69, 9.17) is 5.11 Å². The molecule has 1 aromatic heterocycles. The van der Waals surface area contributed by atoms with Gasteiger partial charge in [-0.2, -0.15) is 0 Å². The minimum absolute atomic E-state index is 0.132. The van der Waals surface area contributed by atoms with Crippen molar-refractivity contribution >= 4 is 11.8 Å². The lowest BCUT2D eigenvalue weighted by molar-refractivity contribution is -0.135. The van der Waals surface area contributed by atoms with Crippen LogP contribution in [0.25, 0.3) is 0 Å². The smallest absolute Gasteiger partial charge is 0.311 e. The standard InChI is InChI=1S/C7H6N2O3/c10-6(3-7(11)12)5-1-2-8-4-9-5/h1-2,4H,3H2,(H,11,12). The molecule has 0 bridgehead atoms. The summed E-state index contributed by atoms with van der Waals surface area (Å²) in [6.07, 6.45) is 2.06. The fraction of sp³-hybridized carbons (Fsp3) is 0.143. The number of carboxylic acid groups (broad SMARTS) is 1. The minimum Gasteiger partial charge on any atom is -0.481 e. The van der Waals surface area contributed by atoms with E-state index < -0.39 is 18.2 Å². The van der Waals surface area contributed by atoms with Crippen LogP contribution in [0.4, 0.5) is 0 Å². The molecule has 0 unspecified atom stereocenters. The summed E-state index contributed by atoms with van der Waals surface area (Å²) in [6.45, 7) is 0. The predicted molar refractivity (Wildman–Crippen MR) is 38.6 cm³/mol. The fourth-order valence-corrected chi connectivity index (χ4v) is 0.684. The van der Waals surface area contributed by atoms with Crippen molar-refractivity contribution < 1.29 is 14.7 Å². The molecule has 5 heteroatoms. The van der Waals surface area contributed by atoms with Crippen LogP contribution in [0.3, 0.4) is 0 Å². The van der Waals surface area contributed by atoms with Gasteiger partial charge >= 0.3 is 5.97 Å². The van der Waals surface area contributed by atoms with Crippen LogP contribution in [-0.2, 0) is 4.79 Å². The van der Waals surface area contributed by atoms with E-state index in [1.165, 1.54) is 18.6 Å². The van der Waals surface area contributed by atoms with Gasteiger partial charge in [0.25, 0.3) is 0 Å². The van der Waals surface area contributed by atoms with E-state index >= 15 is 0 Å². The normalized spacial score (nSPS) is 9.33. The van der Waals surface area contributed by atoms with Gasteiger partial charge in [0.15, 0.2) is 5.78 Å². The zero-order valence-corrected chi connectivity index (χ0v) is 6.10. The van der Waals surface area contributed by atoms with E-state index in [0.717, 1.165) is 0 Å². The Kier molecular flexibility index (Phi) is 2.47. The molecule has 0 spiro atoms. The number of carboxylic acids is 1. The number of carbonyl (C=O) groups excluding carboxylic acids is 1. The van der Waals surface area contributed by atoms with E-state index in [1.54, 1.807) is 0 Å². The number of nitrogens with zero attached hydrogens (tertiary/aromatic N) is 2. The summed E-state index contributed by atoms with van der Waals surface area (Å²) in [5.41, 5.74) is 0.132. The first kappa shape index (κ1) is 8.32. The van der Waals surface area contributed by atoms with Gasteiger partial charge < -0.3 is 5.11 Å². The summed E-state index contributed by atoms with van der Waals surface area (Å²) in [4.78, 5) is 28.3. The van der Waals surface area contributed by atoms with Crippen LogP contribution in [0.1, 0.15) is 16.9 Å². The van der Waals surface area contributed by atoms with Crippen LogP contribution in [0.5, 0.6) is 0 Å². The molecule has 12 heavy (non-hydrogen) atoms. The number of hydrogen-bond acceptors (Lipinski definition) is 4. The first-order valence-electron chi connectivity index (χ1n) is 3.21. The van der Waals surface area contributed by atoms with E-state index in [0.29, 0.717) is 0 Å². The molecule has 0 saturated carbocycles. The third kappa shape index (κ3) is 2.12. The third-order valence-electron chi connectivity index (χ3n) is 1.18. The summed E-state index contributed by atoms with van der Waals surface area (Å²) < 4.78 is 0. The van der Waals surface area contributed by atoms with Crippen molar-refractivity contribution in [3.8, 4) is 0 Å². The second kappa shape index (κ2) is 3.56. The molecule has 1 N–H and O–H groups in total. The number of rotatable bonds is 3. The highest BCUT2D eigenvalue weighted by Crippen LogP contribution is 1.96. The summed E-state index contributed by atoms with van der Waals surface area (Å²) in [5.74, 6) is -1.66. The maximum atomic E-state index is 11.0. The lowest BCUT2D eigenvalue weighted by atomic mass is 10.2. The number of ketones is 1. The molecule has 0 fully saturated rings. The molecule has 1 heterocycles. The second-order valence-corrected chi connectivity index (χ2v) is 2.09. The number of hydrogen-bond donors (Lipinski definition) is 1. The molecule has 0 saturated heterocycles. The molecule has 0 atom stereocenters. The van der Waals surface area contributed by atoms with Crippen LogP contribution < -0.4 is 0 Å². The fourth-order valence-electron chi connectivity index (χ4n) is 0.684.